The normalized spacial score (nSPS) is 14.6. The van der Waals surface area contributed by atoms with Gasteiger partial charge in [-0.05, 0) is 79.4 Å². The van der Waals surface area contributed by atoms with Crippen LogP contribution in [0.4, 0.5) is 8.78 Å². The van der Waals surface area contributed by atoms with Gasteiger partial charge < -0.3 is 15.1 Å². The highest BCUT2D eigenvalue weighted by Crippen LogP contribution is 2.38. The smallest absolute Gasteiger partial charge is 0.328 e. The molecule has 0 radical (unpaired) electrons. The molecule has 3 aromatic rings. The van der Waals surface area contributed by atoms with Crippen molar-refractivity contribution in [1.82, 2.24) is 4.90 Å². The molecule has 0 aromatic heterocycles. The summed E-state index contributed by atoms with van der Waals surface area (Å²) < 4.78 is 52.2. The Morgan fingerprint density at radius 2 is 1.25 bits per heavy atom. The molecule has 0 aliphatic carbocycles. The molecule has 0 amide bonds. The number of rotatable bonds is 9. The lowest BCUT2D eigenvalue weighted by Crippen LogP contribution is -2.38. The predicted molar refractivity (Wildman–Crippen MR) is 147 cm³/mol. The molecule has 0 spiro atoms. The number of piperidine rings is 1. The van der Waals surface area contributed by atoms with Gasteiger partial charge in [-0.3, -0.25) is 0 Å². The number of carboxylic acids is 2. The van der Waals surface area contributed by atoms with Gasteiger partial charge in [-0.15, -0.1) is 0 Å². The number of benzene rings is 3. The Hall–Kier alpha value is -3.89. The van der Waals surface area contributed by atoms with Crippen molar-refractivity contribution in [3.8, 4) is 0 Å². The summed E-state index contributed by atoms with van der Waals surface area (Å²) in [6.45, 7) is 2.10. The lowest BCUT2D eigenvalue weighted by Gasteiger charge is -2.36. The van der Waals surface area contributed by atoms with Crippen molar-refractivity contribution >= 4 is 21.8 Å². The zero-order chi connectivity index (χ0) is 29.1. The van der Waals surface area contributed by atoms with E-state index in [4.69, 9.17) is 10.2 Å². The van der Waals surface area contributed by atoms with E-state index in [-0.39, 0.29) is 23.3 Å². The number of sulfone groups is 1. The van der Waals surface area contributed by atoms with Crippen LogP contribution in [-0.4, -0.2) is 60.9 Å². The molecular weight excluding hydrogens is 540 g/mol. The number of aliphatic carboxylic acids is 2. The number of halogens is 2. The summed E-state index contributed by atoms with van der Waals surface area (Å²) in [5.74, 6) is -2.61. The monoisotopic (exact) mass is 571 g/mol. The number of likely N-dealkylation sites (tertiary alicyclic amines) is 1. The number of nitrogens with zero attached hydrogens (tertiary/aromatic N) is 1. The van der Waals surface area contributed by atoms with E-state index in [2.05, 4.69) is 4.90 Å². The summed E-state index contributed by atoms with van der Waals surface area (Å²) in [6.07, 6.45) is 2.90. The average molecular weight is 572 g/mol. The molecule has 4 rings (SSSR count). The molecule has 2 N–H and O–H groups in total. The topological polar surface area (TPSA) is 112 Å². The van der Waals surface area contributed by atoms with Crippen molar-refractivity contribution in [2.24, 2.45) is 5.92 Å². The molecule has 1 heterocycles. The van der Waals surface area contributed by atoms with Gasteiger partial charge in [0.2, 0.25) is 0 Å². The first-order chi connectivity index (χ1) is 19.0. The third-order valence-electron chi connectivity index (χ3n) is 6.71. The second-order valence-electron chi connectivity index (χ2n) is 9.40. The Kier molecular flexibility index (Phi) is 11.1. The molecule has 0 unspecified atom stereocenters. The Morgan fingerprint density at radius 3 is 1.68 bits per heavy atom. The van der Waals surface area contributed by atoms with Gasteiger partial charge in [-0.2, -0.15) is 0 Å². The van der Waals surface area contributed by atoms with Crippen LogP contribution in [0, 0.1) is 17.6 Å². The van der Waals surface area contributed by atoms with E-state index in [0.717, 1.165) is 37.1 Å². The number of carbonyl (C=O) groups is 2. The van der Waals surface area contributed by atoms with Crippen molar-refractivity contribution in [2.75, 3.05) is 25.4 Å². The largest absolute Gasteiger partial charge is 0.478 e. The van der Waals surface area contributed by atoms with E-state index < -0.39 is 21.8 Å². The standard InChI is InChI=1S/C26H27F2NO2S.C4H4O4/c27-23-10-6-20(7-11-23)26(21-8-12-24(28)13-9-21)22-14-16-29(17-15-22)18-19-32(30,31)25-4-2-1-3-5-25;5-3(6)1-2-4(7)8/h1-13,22,26H,14-19H2;1-2H,(H,5,6)(H,7,8)/b;2-1-. The van der Waals surface area contributed by atoms with Crippen LogP contribution in [0.2, 0.25) is 0 Å². The molecule has 212 valence electrons. The third-order valence-corrected chi connectivity index (χ3v) is 8.42. The number of hydrogen-bond acceptors (Lipinski definition) is 5. The molecule has 7 nitrogen and oxygen atoms in total. The van der Waals surface area contributed by atoms with Gasteiger partial charge in [0.05, 0.1) is 10.6 Å². The van der Waals surface area contributed by atoms with E-state index >= 15 is 0 Å². The summed E-state index contributed by atoms with van der Waals surface area (Å²) in [5.41, 5.74) is 2.03. The van der Waals surface area contributed by atoms with Crippen molar-refractivity contribution in [1.29, 1.82) is 0 Å². The molecule has 0 atom stereocenters. The van der Waals surface area contributed by atoms with Crippen LogP contribution in [0.15, 0.2) is 95.9 Å². The van der Waals surface area contributed by atoms with Crippen molar-refractivity contribution < 1.29 is 37.0 Å². The maximum Gasteiger partial charge on any atom is 0.328 e. The zero-order valence-corrected chi connectivity index (χ0v) is 22.5. The van der Waals surface area contributed by atoms with E-state index in [0.29, 0.717) is 29.5 Å². The summed E-state index contributed by atoms with van der Waals surface area (Å²) in [4.78, 5) is 21.7. The highest BCUT2D eigenvalue weighted by Gasteiger charge is 2.29. The van der Waals surface area contributed by atoms with E-state index in [1.807, 2.05) is 30.3 Å². The predicted octanol–water partition coefficient (Wildman–Crippen LogP) is 4.99. The highest BCUT2D eigenvalue weighted by molar-refractivity contribution is 7.91. The summed E-state index contributed by atoms with van der Waals surface area (Å²) >= 11 is 0. The first-order valence-electron chi connectivity index (χ1n) is 12.7. The SMILES string of the molecule is O=C(O)/C=C\C(=O)O.O=S(=O)(CCN1CCC(C(c2ccc(F)cc2)c2ccc(F)cc2)CC1)c1ccccc1. The number of carboxylic acid groups (broad SMARTS) is 2. The van der Waals surface area contributed by atoms with Crippen molar-refractivity contribution in [3.05, 3.63) is 114 Å². The Morgan fingerprint density at radius 1 is 0.800 bits per heavy atom. The van der Waals surface area contributed by atoms with Crippen LogP contribution in [-0.2, 0) is 19.4 Å². The minimum Gasteiger partial charge on any atom is -0.478 e. The highest BCUT2D eigenvalue weighted by atomic mass is 32.2. The fourth-order valence-electron chi connectivity index (χ4n) is 4.72. The van der Waals surface area contributed by atoms with Gasteiger partial charge in [0.1, 0.15) is 11.6 Å². The Balaban J connectivity index is 0.000000482. The van der Waals surface area contributed by atoms with Crippen LogP contribution in [0.5, 0.6) is 0 Å². The summed E-state index contributed by atoms with van der Waals surface area (Å²) in [6, 6.07) is 21.7. The zero-order valence-electron chi connectivity index (χ0n) is 21.7. The second kappa shape index (κ2) is 14.5. The van der Waals surface area contributed by atoms with Crippen LogP contribution < -0.4 is 0 Å². The van der Waals surface area contributed by atoms with Crippen LogP contribution in [0.3, 0.4) is 0 Å². The average Bonchev–Trinajstić information content (AvgIpc) is 2.94. The van der Waals surface area contributed by atoms with Gasteiger partial charge >= 0.3 is 11.9 Å². The quantitative estimate of drug-likeness (QED) is 0.348. The maximum absolute atomic E-state index is 13.5. The van der Waals surface area contributed by atoms with Gasteiger partial charge in [0, 0.05) is 24.6 Å². The van der Waals surface area contributed by atoms with E-state index in [1.54, 1.807) is 24.3 Å². The van der Waals surface area contributed by atoms with Gasteiger partial charge in [0.15, 0.2) is 9.84 Å². The molecule has 1 aliphatic rings. The molecule has 10 heteroatoms. The van der Waals surface area contributed by atoms with Crippen molar-refractivity contribution in [3.63, 3.8) is 0 Å². The molecule has 1 fully saturated rings. The Bertz CT molecular complexity index is 1320. The number of hydrogen-bond donors (Lipinski definition) is 2. The fraction of sp³-hybridized carbons (Fsp3) is 0.267. The van der Waals surface area contributed by atoms with Gasteiger partial charge in [-0.1, -0.05) is 42.5 Å². The first kappa shape index (κ1) is 30.6. The summed E-state index contributed by atoms with van der Waals surface area (Å²) in [5, 5.41) is 15.6. The molecule has 1 saturated heterocycles. The summed E-state index contributed by atoms with van der Waals surface area (Å²) in [7, 11) is -3.30. The third kappa shape index (κ3) is 9.39. The lowest BCUT2D eigenvalue weighted by atomic mass is 9.76. The van der Waals surface area contributed by atoms with Crippen molar-refractivity contribution in [2.45, 2.75) is 23.7 Å². The van der Waals surface area contributed by atoms with Gasteiger partial charge in [-0.25, -0.2) is 26.8 Å². The Labute approximate surface area is 232 Å². The minimum absolute atomic E-state index is 0.0476. The van der Waals surface area contributed by atoms with E-state index in [1.165, 1.54) is 24.3 Å². The molecular formula is C30H31F2NO6S. The molecule has 40 heavy (non-hydrogen) atoms. The molecule has 3 aromatic carbocycles. The minimum atomic E-state index is -3.30. The van der Waals surface area contributed by atoms with Crippen LogP contribution in [0.1, 0.15) is 29.9 Å². The molecule has 1 aliphatic heterocycles. The van der Waals surface area contributed by atoms with Crippen LogP contribution in [0.25, 0.3) is 0 Å². The maximum atomic E-state index is 13.5. The van der Waals surface area contributed by atoms with Gasteiger partial charge in [0.25, 0.3) is 0 Å². The fourth-order valence-corrected chi connectivity index (χ4v) is 6.03. The lowest BCUT2D eigenvalue weighted by molar-refractivity contribution is -0.134. The molecule has 0 bridgehead atoms. The van der Waals surface area contributed by atoms with Crippen LogP contribution >= 0.6 is 0 Å². The first-order valence-corrected chi connectivity index (χ1v) is 14.4. The second-order valence-corrected chi connectivity index (χ2v) is 11.5. The molecule has 0 saturated carbocycles. The van der Waals surface area contributed by atoms with E-state index in [9.17, 15) is 26.8 Å².